The lowest BCUT2D eigenvalue weighted by Gasteiger charge is -2.32. The van der Waals surface area contributed by atoms with E-state index in [2.05, 4.69) is 44.0 Å². The first kappa shape index (κ1) is 17.5. The van der Waals surface area contributed by atoms with Crippen molar-refractivity contribution in [3.8, 4) is 0 Å². The number of hydrogen-bond acceptors (Lipinski definition) is 5. The second kappa shape index (κ2) is 8.20. The summed E-state index contributed by atoms with van der Waals surface area (Å²) < 4.78 is 13.5. The second-order valence-corrected chi connectivity index (χ2v) is 7.12. The Kier molecular flexibility index (Phi) is 5.53. The lowest BCUT2D eigenvalue weighted by atomic mass is 10.0. The Bertz CT molecular complexity index is 711. The van der Waals surface area contributed by atoms with E-state index < -0.39 is 0 Å². The maximum Gasteiger partial charge on any atom is 0.100 e. The Morgan fingerprint density at radius 1 is 1.19 bits per heavy atom. The molecule has 0 radical (unpaired) electrons. The molecule has 1 aromatic carbocycles. The normalized spacial score (nSPS) is 24.0. The van der Waals surface area contributed by atoms with Gasteiger partial charge in [0.05, 0.1) is 31.4 Å². The third kappa shape index (κ3) is 3.92. The fourth-order valence-electron chi connectivity index (χ4n) is 3.89. The molecule has 2 aliphatic rings. The fraction of sp³-hybridized carbons (Fsp3) is 0.550. The number of para-hydroxylation sites is 1. The molecule has 6 heteroatoms. The van der Waals surface area contributed by atoms with E-state index in [1.807, 2.05) is 19.6 Å². The van der Waals surface area contributed by atoms with Gasteiger partial charge in [-0.25, -0.2) is 4.98 Å². The van der Waals surface area contributed by atoms with Gasteiger partial charge in [0.1, 0.15) is 6.10 Å². The standard InChI is InChI=1S/C20H28N4O2/c1-23-15-21-14-19(23)20-12-17(6-9-26-20)22-13-16-4-2-3-5-18(16)24-7-10-25-11-8-24/h2-5,14-15,17,20,22H,6-13H2,1H3. The summed E-state index contributed by atoms with van der Waals surface area (Å²) in [5.41, 5.74) is 3.85. The summed E-state index contributed by atoms with van der Waals surface area (Å²) in [6, 6.07) is 9.17. The SMILES string of the molecule is Cn1cncc1C1CC(NCc2ccccc2N2CCOCC2)CCO1. The molecule has 0 spiro atoms. The van der Waals surface area contributed by atoms with Gasteiger partial charge in [-0.3, -0.25) is 0 Å². The van der Waals surface area contributed by atoms with Crippen molar-refractivity contribution in [3.63, 3.8) is 0 Å². The van der Waals surface area contributed by atoms with Crippen LogP contribution in [0.5, 0.6) is 0 Å². The van der Waals surface area contributed by atoms with Crippen molar-refractivity contribution in [1.82, 2.24) is 14.9 Å². The number of benzene rings is 1. The smallest absolute Gasteiger partial charge is 0.100 e. The van der Waals surface area contributed by atoms with Crippen LogP contribution in [0.1, 0.15) is 30.2 Å². The zero-order chi connectivity index (χ0) is 17.8. The molecule has 2 saturated heterocycles. The quantitative estimate of drug-likeness (QED) is 0.891. The molecule has 6 nitrogen and oxygen atoms in total. The van der Waals surface area contributed by atoms with Crippen molar-refractivity contribution in [3.05, 3.63) is 48.0 Å². The molecule has 0 aliphatic carbocycles. The molecule has 2 unspecified atom stereocenters. The van der Waals surface area contributed by atoms with Gasteiger partial charge in [0.2, 0.25) is 0 Å². The number of imidazole rings is 1. The van der Waals surface area contributed by atoms with Crippen LogP contribution in [0, 0.1) is 0 Å². The molecule has 2 fully saturated rings. The molecule has 26 heavy (non-hydrogen) atoms. The van der Waals surface area contributed by atoms with Crippen molar-refractivity contribution in [2.24, 2.45) is 7.05 Å². The van der Waals surface area contributed by atoms with Gasteiger partial charge in [-0.2, -0.15) is 0 Å². The number of aryl methyl sites for hydroxylation is 1. The maximum atomic E-state index is 5.98. The highest BCUT2D eigenvalue weighted by Crippen LogP contribution is 2.28. The number of hydrogen-bond donors (Lipinski definition) is 1. The Labute approximate surface area is 155 Å². The van der Waals surface area contributed by atoms with Crippen LogP contribution in [0.3, 0.4) is 0 Å². The lowest BCUT2D eigenvalue weighted by molar-refractivity contribution is -0.00404. The third-order valence-corrected chi connectivity index (χ3v) is 5.39. The molecule has 0 amide bonds. The van der Waals surface area contributed by atoms with Crippen LogP contribution in [0.2, 0.25) is 0 Å². The number of anilines is 1. The van der Waals surface area contributed by atoms with Crippen molar-refractivity contribution in [2.45, 2.75) is 31.5 Å². The van der Waals surface area contributed by atoms with Gasteiger partial charge in [-0.15, -0.1) is 0 Å². The van der Waals surface area contributed by atoms with E-state index >= 15 is 0 Å². The molecule has 1 N–H and O–H groups in total. The Morgan fingerprint density at radius 2 is 2.04 bits per heavy atom. The van der Waals surface area contributed by atoms with Crippen LogP contribution in [0.15, 0.2) is 36.8 Å². The highest BCUT2D eigenvalue weighted by Gasteiger charge is 2.25. The zero-order valence-electron chi connectivity index (χ0n) is 15.4. The predicted molar refractivity (Wildman–Crippen MR) is 101 cm³/mol. The number of morpholine rings is 1. The zero-order valence-corrected chi connectivity index (χ0v) is 15.4. The topological polar surface area (TPSA) is 51.6 Å². The van der Waals surface area contributed by atoms with Gasteiger partial charge in [0, 0.05) is 45.0 Å². The first-order valence-corrected chi connectivity index (χ1v) is 9.53. The summed E-state index contributed by atoms with van der Waals surface area (Å²) >= 11 is 0. The van der Waals surface area contributed by atoms with Gasteiger partial charge in [-0.1, -0.05) is 18.2 Å². The molecule has 2 aromatic rings. The summed E-state index contributed by atoms with van der Waals surface area (Å²) in [5, 5.41) is 3.76. The molecule has 1 aromatic heterocycles. The van der Waals surface area contributed by atoms with Crippen LogP contribution < -0.4 is 10.2 Å². The first-order chi connectivity index (χ1) is 12.8. The molecule has 0 bridgehead atoms. The van der Waals surface area contributed by atoms with E-state index in [0.29, 0.717) is 6.04 Å². The average Bonchev–Trinajstić information content (AvgIpc) is 3.13. The largest absolute Gasteiger partial charge is 0.378 e. The Morgan fingerprint density at radius 3 is 2.85 bits per heavy atom. The number of nitrogens with zero attached hydrogens (tertiary/aromatic N) is 3. The fourth-order valence-corrected chi connectivity index (χ4v) is 3.89. The van der Waals surface area contributed by atoms with Crippen molar-refractivity contribution < 1.29 is 9.47 Å². The van der Waals surface area contributed by atoms with E-state index in [0.717, 1.165) is 58.0 Å². The molecule has 0 saturated carbocycles. The van der Waals surface area contributed by atoms with E-state index in [1.54, 1.807) is 0 Å². The molecule has 4 rings (SSSR count). The summed E-state index contributed by atoms with van der Waals surface area (Å²) in [7, 11) is 2.03. The number of ether oxygens (including phenoxy) is 2. The van der Waals surface area contributed by atoms with E-state index in [9.17, 15) is 0 Å². The minimum atomic E-state index is 0.128. The molecular weight excluding hydrogens is 328 g/mol. The van der Waals surface area contributed by atoms with Gasteiger partial charge >= 0.3 is 0 Å². The number of rotatable bonds is 5. The Hall–Kier alpha value is -1.89. The van der Waals surface area contributed by atoms with Crippen LogP contribution in [-0.4, -0.2) is 48.5 Å². The minimum Gasteiger partial charge on any atom is -0.378 e. The van der Waals surface area contributed by atoms with Crippen LogP contribution in [-0.2, 0) is 23.1 Å². The third-order valence-electron chi connectivity index (χ3n) is 5.39. The summed E-state index contributed by atoms with van der Waals surface area (Å²) in [6.07, 6.45) is 5.92. The van der Waals surface area contributed by atoms with E-state index in [1.165, 1.54) is 11.3 Å². The maximum absolute atomic E-state index is 5.98. The van der Waals surface area contributed by atoms with Crippen molar-refractivity contribution in [1.29, 1.82) is 0 Å². The lowest BCUT2D eigenvalue weighted by Crippen LogP contribution is -2.38. The second-order valence-electron chi connectivity index (χ2n) is 7.12. The highest BCUT2D eigenvalue weighted by molar-refractivity contribution is 5.53. The van der Waals surface area contributed by atoms with Gasteiger partial charge in [0.15, 0.2) is 0 Å². The molecule has 140 valence electrons. The summed E-state index contributed by atoms with van der Waals surface area (Å²) in [6.45, 7) is 5.24. The summed E-state index contributed by atoms with van der Waals surface area (Å²) in [5.74, 6) is 0. The van der Waals surface area contributed by atoms with E-state index in [-0.39, 0.29) is 6.10 Å². The van der Waals surface area contributed by atoms with Crippen molar-refractivity contribution in [2.75, 3.05) is 37.8 Å². The Balaban J connectivity index is 1.39. The number of nitrogens with one attached hydrogen (secondary N) is 1. The monoisotopic (exact) mass is 356 g/mol. The molecule has 2 aliphatic heterocycles. The highest BCUT2D eigenvalue weighted by atomic mass is 16.5. The van der Waals surface area contributed by atoms with Crippen LogP contribution in [0.25, 0.3) is 0 Å². The van der Waals surface area contributed by atoms with Gasteiger partial charge < -0.3 is 24.3 Å². The first-order valence-electron chi connectivity index (χ1n) is 9.53. The number of aromatic nitrogens is 2. The van der Waals surface area contributed by atoms with Crippen LogP contribution >= 0.6 is 0 Å². The average molecular weight is 356 g/mol. The molecule has 2 atom stereocenters. The predicted octanol–water partition coefficient (Wildman–Crippen LogP) is 2.27. The van der Waals surface area contributed by atoms with E-state index in [4.69, 9.17) is 9.47 Å². The van der Waals surface area contributed by atoms with Crippen molar-refractivity contribution >= 4 is 5.69 Å². The molecule has 3 heterocycles. The minimum absolute atomic E-state index is 0.128. The van der Waals surface area contributed by atoms with Crippen LogP contribution in [0.4, 0.5) is 5.69 Å². The van der Waals surface area contributed by atoms with Gasteiger partial charge in [0.25, 0.3) is 0 Å². The van der Waals surface area contributed by atoms with Gasteiger partial charge in [-0.05, 0) is 24.5 Å². The molecular formula is C20H28N4O2. The summed E-state index contributed by atoms with van der Waals surface area (Å²) in [4.78, 5) is 6.66.